The van der Waals surface area contributed by atoms with Gasteiger partial charge >= 0.3 is 0 Å². The monoisotopic (exact) mass is 278 g/mol. The van der Waals surface area contributed by atoms with Crippen LogP contribution < -0.4 is 10.6 Å². The molecule has 0 unspecified atom stereocenters. The average molecular weight is 278 g/mol. The van der Waals surface area contributed by atoms with Crippen molar-refractivity contribution in [2.75, 3.05) is 26.8 Å². The Kier molecular flexibility index (Phi) is 7.07. The third-order valence-electron chi connectivity index (χ3n) is 2.53. The summed E-state index contributed by atoms with van der Waals surface area (Å²) in [4.78, 5) is 4.29. The minimum absolute atomic E-state index is 0.208. The minimum atomic E-state index is -0.416. The molecular formula is C14H19FN4O. The topological polar surface area (TPSA) is 69.4 Å². The predicted octanol–water partition coefficient (Wildman–Crippen LogP) is 1.40. The fourth-order valence-corrected chi connectivity index (χ4v) is 1.52. The van der Waals surface area contributed by atoms with Crippen LogP contribution >= 0.6 is 0 Å². The number of halogens is 1. The van der Waals surface area contributed by atoms with E-state index in [0.29, 0.717) is 36.8 Å². The highest BCUT2D eigenvalue weighted by Gasteiger charge is 2.04. The number of nitriles is 1. The largest absolute Gasteiger partial charge is 0.383 e. The summed E-state index contributed by atoms with van der Waals surface area (Å²) in [7, 11) is 1.62. The van der Waals surface area contributed by atoms with Gasteiger partial charge in [0.15, 0.2) is 5.96 Å². The zero-order valence-corrected chi connectivity index (χ0v) is 11.7. The highest BCUT2D eigenvalue weighted by Crippen LogP contribution is 2.10. The summed E-state index contributed by atoms with van der Waals surface area (Å²) in [6.07, 6.45) is 0. The van der Waals surface area contributed by atoms with E-state index in [-0.39, 0.29) is 6.54 Å². The van der Waals surface area contributed by atoms with Gasteiger partial charge < -0.3 is 15.4 Å². The Morgan fingerprint density at radius 2 is 2.25 bits per heavy atom. The van der Waals surface area contributed by atoms with E-state index in [9.17, 15) is 4.39 Å². The van der Waals surface area contributed by atoms with Crippen LogP contribution in [-0.2, 0) is 11.3 Å². The predicted molar refractivity (Wildman–Crippen MR) is 75.8 cm³/mol. The molecule has 0 aliphatic rings. The smallest absolute Gasteiger partial charge is 0.191 e. The van der Waals surface area contributed by atoms with Crippen LogP contribution in [0.4, 0.5) is 4.39 Å². The van der Waals surface area contributed by atoms with Crippen LogP contribution in [-0.4, -0.2) is 32.8 Å². The quantitative estimate of drug-likeness (QED) is 0.469. The lowest BCUT2D eigenvalue weighted by Gasteiger charge is -2.10. The van der Waals surface area contributed by atoms with Gasteiger partial charge in [0.05, 0.1) is 24.8 Å². The van der Waals surface area contributed by atoms with Crippen LogP contribution in [0, 0.1) is 17.1 Å². The number of aliphatic imine (C=N–C) groups is 1. The Labute approximate surface area is 118 Å². The molecule has 0 spiro atoms. The van der Waals surface area contributed by atoms with Gasteiger partial charge in [-0.25, -0.2) is 9.38 Å². The summed E-state index contributed by atoms with van der Waals surface area (Å²) in [5.41, 5.74) is 0.758. The van der Waals surface area contributed by atoms with Gasteiger partial charge in [0.25, 0.3) is 0 Å². The second-order valence-electron chi connectivity index (χ2n) is 4.03. The summed E-state index contributed by atoms with van der Waals surface area (Å²) in [6.45, 7) is 4.07. The SMILES string of the molecule is CCNC(=NCc1ccc(C#N)cc1F)NCCOC. The standard InChI is InChI=1S/C14H19FN4O/c1-3-17-14(18-6-7-20-2)19-10-12-5-4-11(9-16)8-13(12)15/h4-5,8H,3,6-7,10H2,1-2H3,(H2,17,18,19). The van der Waals surface area contributed by atoms with Gasteiger partial charge in [-0.3, -0.25) is 0 Å². The number of hydrogen-bond acceptors (Lipinski definition) is 3. The van der Waals surface area contributed by atoms with Gasteiger partial charge in [0, 0.05) is 25.8 Å². The first-order valence-corrected chi connectivity index (χ1v) is 6.41. The van der Waals surface area contributed by atoms with Crippen molar-refractivity contribution >= 4 is 5.96 Å². The maximum atomic E-state index is 13.7. The minimum Gasteiger partial charge on any atom is -0.383 e. The second-order valence-corrected chi connectivity index (χ2v) is 4.03. The van der Waals surface area contributed by atoms with E-state index < -0.39 is 5.82 Å². The lowest BCUT2D eigenvalue weighted by molar-refractivity contribution is 0.203. The van der Waals surface area contributed by atoms with Crippen molar-refractivity contribution in [3.63, 3.8) is 0 Å². The normalized spacial score (nSPS) is 11.0. The van der Waals surface area contributed by atoms with E-state index in [1.54, 1.807) is 19.2 Å². The zero-order chi connectivity index (χ0) is 14.8. The molecule has 6 heteroatoms. The Balaban J connectivity index is 2.68. The number of rotatable bonds is 6. The first-order chi connectivity index (χ1) is 9.71. The summed E-state index contributed by atoms with van der Waals surface area (Å²) in [6, 6.07) is 6.28. The van der Waals surface area contributed by atoms with Crippen LogP contribution in [0.5, 0.6) is 0 Å². The molecule has 0 saturated carbocycles. The van der Waals surface area contributed by atoms with Gasteiger partial charge in [-0.2, -0.15) is 5.26 Å². The van der Waals surface area contributed by atoms with Gasteiger partial charge in [-0.1, -0.05) is 6.07 Å². The van der Waals surface area contributed by atoms with Crippen molar-refractivity contribution < 1.29 is 9.13 Å². The highest BCUT2D eigenvalue weighted by atomic mass is 19.1. The molecule has 0 aliphatic carbocycles. The van der Waals surface area contributed by atoms with Crippen molar-refractivity contribution in [2.45, 2.75) is 13.5 Å². The van der Waals surface area contributed by atoms with Crippen molar-refractivity contribution in [1.82, 2.24) is 10.6 Å². The molecule has 1 aromatic rings. The van der Waals surface area contributed by atoms with Crippen molar-refractivity contribution in [2.24, 2.45) is 4.99 Å². The lowest BCUT2D eigenvalue weighted by atomic mass is 10.1. The van der Waals surface area contributed by atoms with Crippen LogP contribution in [0.25, 0.3) is 0 Å². The molecule has 0 bridgehead atoms. The summed E-state index contributed by atoms with van der Waals surface area (Å²) in [5.74, 6) is 0.189. The first-order valence-electron chi connectivity index (χ1n) is 6.41. The third-order valence-corrected chi connectivity index (χ3v) is 2.53. The Morgan fingerprint density at radius 3 is 2.85 bits per heavy atom. The fourth-order valence-electron chi connectivity index (χ4n) is 1.52. The van der Waals surface area contributed by atoms with E-state index in [0.717, 1.165) is 0 Å². The molecule has 0 atom stereocenters. The molecule has 0 amide bonds. The number of guanidine groups is 1. The van der Waals surface area contributed by atoms with E-state index in [1.165, 1.54) is 6.07 Å². The Hall–Kier alpha value is -2.13. The Morgan fingerprint density at radius 1 is 1.45 bits per heavy atom. The molecule has 0 aromatic heterocycles. The number of methoxy groups -OCH3 is 1. The van der Waals surface area contributed by atoms with Gasteiger partial charge in [-0.05, 0) is 19.1 Å². The van der Waals surface area contributed by atoms with Crippen molar-refractivity contribution in [1.29, 1.82) is 5.26 Å². The molecule has 20 heavy (non-hydrogen) atoms. The van der Waals surface area contributed by atoms with Crippen LogP contribution in [0.15, 0.2) is 23.2 Å². The van der Waals surface area contributed by atoms with Crippen molar-refractivity contribution in [3.05, 3.63) is 35.1 Å². The van der Waals surface area contributed by atoms with Crippen LogP contribution in [0.3, 0.4) is 0 Å². The maximum Gasteiger partial charge on any atom is 0.191 e. The van der Waals surface area contributed by atoms with E-state index >= 15 is 0 Å². The summed E-state index contributed by atoms with van der Waals surface area (Å²) in [5, 5.41) is 14.8. The number of nitrogens with one attached hydrogen (secondary N) is 2. The first kappa shape index (κ1) is 15.9. The highest BCUT2D eigenvalue weighted by molar-refractivity contribution is 5.79. The average Bonchev–Trinajstić information content (AvgIpc) is 2.45. The molecular weight excluding hydrogens is 259 g/mol. The molecule has 0 saturated heterocycles. The Bertz CT molecular complexity index is 496. The molecule has 0 fully saturated rings. The van der Waals surface area contributed by atoms with Gasteiger partial charge in [-0.15, -0.1) is 0 Å². The number of hydrogen-bond donors (Lipinski definition) is 2. The molecule has 5 nitrogen and oxygen atoms in total. The van der Waals surface area contributed by atoms with Gasteiger partial charge in [0.1, 0.15) is 5.82 Å². The number of benzene rings is 1. The van der Waals surface area contributed by atoms with Crippen molar-refractivity contribution in [3.8, 4) is 6.07 Å². The molecule has 0 heterocycles. The third kappa shape index (κ3) is 5.24. The van der Waals surface area contributed by atoms with Crippen LogP contribution in [0.1, 0.15) is 18.1 Å². The second kappa shape index (κ2) is 8.88. The van der Waals surface area contributed by atoms with E-state index in [2.05, 4.69) is 15.6 Å². The van der Waals surface area contributed by atoms with Crippen LogP contribution in [0.2, 0.25) is 0 Å². The molecule has 108 valence electrons. The number of nitrogens with zero attached hydrogens (tertiary/aromatic N) is 2. The zero-order valence-electron chi connectivity index (χ0n) is 11.7. The molecule has 0 aliphatic heterocycles. The van der Waals surface area contributed by atoms with E-state index in [1.807, 2.05) is 13.0 Å². The fraction of sp³-hybridized carbons (Fsp3) is 0.429. The summed E-state index contributed by atoms with van der Waals surface area (Å²) >= 11 is 0. The summed E-state index contributed by atoms with van der Waals surface area (Å²) < 4.78 is 18.6. The van der Waals surface area contributed by atoms with Gasteiger partial charge in [0.2, 0.25) is 0 Å². The molecule has 2 N–H and O–H groups in total. The molecule has 0 radical (unpaired) electrons. The lowest BCUT2D eigenvalue weighted by Crippen LogP contribution is -2.38. The molecule has 1 aromatic carbocycles. The number of ether oxygens (including phenoxy) is 1. The maximum absolute atomic E-state index is 13.7. The van der Waals surface area contributed by atoms with E-state index in [4.69, 9.17) is 10.00 Å². The molecule has 1 rings (SSSR count).